The van der Waals surface area contributed by atoms with Crippen LogP contribution in [0.25, 0.3) is 0 Å². The number of benzene rings is 2. The molecule has 0 radical (unpaired) electrons. The standard InChI is InChI=1S/C18H21FN2/c1-14-6-5-9-17(19)18(14)21-11-10-20-16(13-21)12-15-7-3-2-4-8-15/h2-9,16,20H,10-13H2,1H3. The molecule has 1 N–H and O–H groups in total. The molecule has 1 heterocycles. The highest BCUT2D eigenvalue weighted by Crippen LogP contribution is 2.25. The van der Waals surface area contributed by atoms with Crippen LogP contribution in [-0.4, -0.2) is 25.7 Å². The van der Waals surface area contributed by atoms with Crippen LogP contribution in [0.5, 0.6) is 0 Å². The predicted octanol–water partition coefficient (Wildman–Crippen LogP) is 3.16. The Balaban J connectivity index is 1.74. The number of halogens is 1. The first kappa shape index (κ1) is 14.1. The maximum absolute atomic E-state index is 14.1. The summed E-state index contributed by atoms with van der Waals surface area (Å²) in [7, 11) is 0. The zero-order valence-corrected chi connectivity index (χ0v) is 12.3. The van der Waals surface area contributed by atoms with Crippen LogP contribution in [0.4, 0.5) is 10.1 Å². The summed E-state index contributed by atoms with van der Waals surface area (Å²) in [4.78, 5) is 2.18. The number of anilines is 1. The predicted molar refractivity (Wildman–Crippen MR) is 85.3 cm³/mol. The molecule has 0 amide bonds. The third kappa shape index (κ3) is 3.24. The van der Waals surface area contributed by atoms with Gasteiger partial charge >= 0.3 is 0 Å². The Morgan fingerprint density at radius 3 is 2.71 bits per heavy atom. The summed E-state index contributed by atoms with van der Waals surface area (Å²) in [6.07, 6.45) is 0.977. The number of aryl methyl sites for hydroxylation is 1. The van der Waals surface area contributed by atoms with Crippen LogP contribution < -0.4 is 10.2 Å². The zero-order chi connectivity index (χ0) is 14.7. The van der Waals surface area contributed by atoms with Crippen LogP contribution in [0.3, 0.4) is 0 Å². The molecule has 0 aromatic heterocycles. The molecule has 1 aliphatic heterocycles. The van der Waals surface area contributed by atoms with Crippen molar-refractivity contribution in [1.29, 1.82) is 0 Å². The van der Waals surface area contributed by atoms with Crippen molar-refractivity contribution in [3.05, 3.63) is 65.5 Å². The Morgan fingerprint density at radius 2 is 1.95 bits per heavy atom. The number of rotatable bonds is 3. The van der Waals surface area contributed by atoms with Crippen LogP contribution in [0.15, 0.2) is 48.5 Å². The molecule has 2 aromatic rings. The first-order chi connectivity index (χ1) is 10.2. The van der Waals surface area contributed by atoms with Gasteiger partial charge in [-0.3, -0.25) is 0 Å². The quantitative estimate of drug-likeness (QED) is 0.931. The van der Waals surface area contributed by atoms with Gasteiger partial charge in [-0.25, -0.2) is 4.39 Å². The second-order valence-corrected chi connectivity index (χ2v) is 5.69. The molecule has 1 fully saturated rings. The normalized spacial score (nSPS) is 18.8. The molecule has 3 heteroatoms. The van der Waals surface area contributed by atoms with E-state index in [0.717, 1.165) is 37.3 Å². The lowest BCUT2D eigenvalue weighted by atomic mass is 10.0. The van der Waals surface area contributed by atoms with Crippen LogP contribution in [0, 0.1) is 12.7 Å². The minimum Gasteiger partial charge on any atom is -0.366 e. The first-order valence-corrected chi connectivity index (χ1v) is 7.51. The largest absolute Gasteiger partial charge is 0.366 e. The van der Waals surface area contributed by atoms with Crippen molar-refractivity contribution in [2.24, 2.45) is 0 Å². The van der Waals surface area contributed by atoms with Crippen molar-refractivity contribution in [1.82, 2.24) is 5.32 Å². The van der Waals surface area contributed by atoms with Gasteiger partial charge in [0, 0.05) is 25.7 Å². The lowest BCUT2D eigenvalue weighted by Crippen LogP contribution is -2.52. The SMILES string of the molecule is Cc1cccc(F)c1N1CCNC(Cc2ccccc2)C1. The van der Waals surface area contributed by atoms with E-state index in [1.165, 1.54) is 5.56 Å². The van der Waals surface area contributed by atoms with Gasteiger partial charge in [0.15, 0.2) is 0 Å². The van der Waals surface area contributed by atoms with Gasteiger partial charge in [0.05, 0.1) is 5.69 Å². The van der Waals surface area contributed by atoms with E-state index in [0.29, 0.717) is 6.04 Å². The first-order valence-electron chi connectivity index (χ1n) is 7.51. The van der Waals surface area contributed by atoms with E-state index in [2.05, 4.69) is 34.5 Å². The van der Waals surface area contributed by atoms with Gasteiger partial charge in [0.25, 0.3) is 0 Å². The molecule has 2 aromatic carbocycles. The van der Waals surface area contributed by atoms with Crippen molar-refractivity contribution in [3.8, 4) is 0 Å². The average molecular weight is 284 g/mol. The van der Waals surface area contributed by atoms with E-state index in [-0.39, 0.29) is 5.82 Å². The van der Waals surface area contributed by atoms with Crippen LogP contribution in [-0.2, 0) is 6.42 Å². The molecular weight excluding hydrogens is 263 g/mol. The molecule has 1 aliphatic rings. The summed E-state index contributed by atoms with van der Waals surface area (Å²) in [6.45, 7) is 4.57. The number of para-hydroxylation sites is 1. The number of nitrogens with zero attached hydrogens (tertiary/aromatic N) is 1. The summed E-state index contributed by atoms with van der Waals surface area (Å²) in [5.74, 6) is -0.115. The Kier molecular flexibility index (Phi) is 4.20. The minimum atomic E-state index is -0.115. The van der Waals surface area contributed by atoms with Crippen LogP contribution in [0.2, 0.25) is 0 Å². The fourth-order valence-corrected chi connectivity index (χ4v) is 3.09. The van der Waals surface area contributed by atoms with Gasteiger partial charge in [-0.1, -0.05) is 42.5 Å². The molecule has 3 rings (SSSR count). The molecule has 1 saturated heterocycles. The Bertz CT molecular complexity index is 577. The van der Waals surface area contributed by atoms with Gasteiger partial charge in [0.1, 0.15) is 5.82 Å². The summed E-state index contributed by atoms with van der Waals surface area (Å²) in [5, 5.41) is 3.54. The average Bonchev–Trinajstić information content (AvgIpc) is 2.48. The molecule has 1 atom stereocenters. The van der Waals surface area contributed by atoms with E-state index < -0.39 is 0 Å². The number of nitrogens with one attached hydrogen (secondary N) is 1. The number of piperazine rings is 1. The number of hydrogen-bond donors (Lipinski definition) is 1. The molecule has 21 heavy (non-hydrogen) atoms. The second kappa shape index (κ2) is 6.27. The van der Waals surface area contributed by atoms with Gasteiger partial charge in [0.2, 0.25) is 0 Å². The van der Waals surface area contributed by atoms with Crippen LogP contribution >= 0.6 is 0 Å². The van der Waals surface area contributed by atoms with E-state index in [4.69, 9.17) is 0 Å². The van der Waals surface area contributed by atoms with Crippen molar-refractivity contribution >= 4 is 5.69 Å². The fourth-order valence-electron chi connectivity index (χ4n) is 3.09. The molecule has 0 saturated carbocycles. The van der Waals surface area contributed by atoms with Crippen LogP contribution in [0.1, 0.15) is 11.1 Å². The van der Waals surface area contributed by atoms with Gasteiger partial charge < -0.3 is 10.2 Å². The fraction of sp³-hybridized carbons (Fsp3) is 0.333. The molecule has 0 aliphatic carbocycles. The number of hydrogen-bond acceptors (Lipinski definition) is 2. The minimum absolute atomic E-state index is 0.115. The summed E-state index contributed by atoms with van der Waals surface area (Å²) in [6, 6.07) is 16.1. The molecule has 2 nitrogen and oxygen atoms in total. The molecule has 1 unspecified atom stereocenters. The Labute approximate surface area is 125 Å². The highest BCUT2D eigenvalue weighted by molar-refractivity contribution is 5.54. The lowest BCUT2D eigenvalue weighted by Gasteiger charge is -2.36. The maximum Gasteiger partial charge on any atom is 0.146 e. The summed E-state index contributed by atoms with van der Waals surface area (Å²) >= 11 is 0. The van der Waals surface area contributed by atoms with Gasteiger partial charge in [-0.2, -0.15) is 0 Å². The molecule has 0 bridgehead atoms. The summed E-state index contributed by atoms with van der Waals surface area (Å²) in [5.41, 5.74) is 3.09. The molecular formula is C18H21FN2. The van der Waals surface area contributed by atoms with Crippen molar-refractivity contribution in [3.63, 3.8) is 0 Å². The zero-order valence-electron chi connectivity index (χ0n) is 12.3. The van der Waals surface area contributed by atoms with Crippen molar-refractivity contribution < 1.29 is 4.39 Å². The second-order valence-electron chi connectivity index (χ2n) is 5.69. The van der Waals surface area contributed by atoms with Gasteiger partial charge in [-0.05, 0) is 30.5 Å². The third-order valence-electron chi connectivity index (χ3n) is 4.09. The van der Waals surface area contributed by atoms with Crippen molar-refractivity contribution in [2.75, 3.05) is 24.5 Å². The Morgan fingerprint density at radius 1 is 1.14 bits per heavy atom. The van der Waals surface area contributed by atoms with E-state index in [1.807, 2.05) is 19.1 Å². The van der Waals surface area contributed by atoms with Gasteiger partial charge in [-0.15, -0.1) is 0 Å². The maximum atomic E-state index is 14.1. The third-order valence-corrected chi connectivity index (χ3v) is 4.09. The highest BCUT2D eigenvalue weighted by atomic mass is 19.1. The molecule has 110 valence electrons. The van der Waals surface area contributed by atoms with E-state index in [1.54, 1.807) is 12.1 Å². The van der Waals surface area contributed by atoms with Crippen molar-refractivity contribution in [2.45, 2.75) is 19.4 Å². The smallest absolute Gasteiger partial charge is 0.146 e. The monoisotopic (exact) mass is 284 g/mol. The lowest BCUT2D eigenvalue weighted by molar-refractivity contribution is 0.450. The topological polar surface area (TPSA) is 15.3 Å². The molecule has 0 spiro atoms. The van der Waals surface area contributed by atoms with E-state index >= 15 is 0 Å². The highest BCUT2D eigenvalue weighted by Gasteiger charge is 2.22. The summed E-state index contributed by atoms with van der Waals surface area (Å²) < 4.78 is 14.1. The Hall–Kier alpha value is -1.87. The van der Waals surface area contributed by atoms with E-state index in [9.17, 15) is 4.39 Å².